The highest BCUT2D eigenvalue weighted by molar-refractivity contribution is 5.30. The Morgan fingerprint density at radius 3 is 2.68 bits per heavy atom. The average Bonchev–Trinajstić information content (AvgIpc) is 3.16. The van der Waals surface area contributed by atoms with Crippen LogP contribution in [0.4, 0.5) is 5.95 Å². The third-order valence-corrected chi connectivity index (χ3v) is 5.00. The predicted molar refractivity (Wildman–Crippen MR) is 76.1 cm³/mol. The van der Waals surface area contributed by atoms with Crippen molar-refractivity contribution in [2.24, 2.45) is 17.1 Å². The first kappa shape index (κ1) is 12.9. The highest BCUT2D eigenvalue weighted by Gasteiger charge is 2.33. The lowest BCUT2D eigenvalue weighted by Crippen LogP contribution is -2.42. The van der Waals surface area contributed by atoms with Crippen LogP contribution in [0.2, 0.25) is 0 Å². The Balaban J connectivity index is 1.64. The number of aromatic amines is 1. The second-order valence-electron chi connectivity index (χ2n) is 6.65. The van der Waals surface area contributed by atoms with Gasteiger partial charge in [-0.05, 0) is 43.6 Å². The van der Waals surface area contributed by atoms with Gasteiger partial charge in [0.1, 0.15) is 5.82 Å². The first-order chi connectivity index (χ1) is 9.11. The Bertz CT molecular complexity index is 429. The molecule has 2 aliphatic rings. The fraction of sp³-hybridized carbons (Fsp3) is 0.857. The van der Waals surface area contributed by atoms with Crippen molar-refractivity contribution in [1.82, 2.24) is 15.2 Å². The van der Waals surface area contributed by atoms with Crippen LogP contribution >= 0.6 is 0 Å². The Kier molecular flexibility index (Phi) is 3.25. The molecule has 19 heavy (non-hydrogen) atoms. The third-order valence-electron chi connectivity index (χ3n) is 5.00. The van der Waals surface area contributed by atoms with Crippen LogP contribution in [0.15, 0.2) is 0 Å². The van der Waals surface area contributed by atoms with Gasteiger partial charge in [0, 0.05) is 19.0 Å². The first-order valence-corrected chi connectivity index (χ1v) is 7.49. The maximum absolute atomic E-state index is 5.85. The molecular weight excluding hydrogens is 238 g/mol. The molecule has 3 rings (SSSR count). The maximum Gasteiger partial charge on any atom is 0.244 e. The van der Waals surface area contributed by atoms with Gasteiger partial charge in [0.2, 0.25) is 5.95 Å². The fourth-order valence-corrected chi connectivity index (χ4v) is 2.88. The van der Waals surface area contributed by atoms with Crippen molar-refractivity contribution in [3.63, 3.8) is 0 Å². The van der Waals surface area contributed by atoms with E-state index in [2.05, 4.69) is 28.9 Å². The number of nitrogens with one attached hydrogen (secondary N) is 1. The van der Waals surface area contributed by atoms with Crippen molar-refractivity contribution < 1.29 is 0 Å². The molecule has 2 fully saturated rings. The Labute approximate surface area is 115 Å². The maximum atomic E-state index is 5.85. The van der Waals surface area contributed by atoms with Crippen LogP contribution in [0, 0.1) is 11.3 Å². The molecule has 1 unspecified atom stereocenters. The molecule has 0 amide bonds. The summed E-state index contributed by atoms with van der Waals surface area (Å²) >= 11 is 0. The van der Waals surface area contributed by atoms with E-state index in [9.17, 15) is 0 Å². The summed E-state index contributed by atoms with van der Waals surface area (Å²) in [6, 6.07) is 0. The number of aromatic nitrogens is 3. The van der Waals surface area contributed by atoms with Crippen molar-refractivity contribution in [3.8, 4) is 0 Å². The molecule has 106 valence electrons. The highest BCUT2D eigenvalue weighted by atomic mass is 15.4. The van der Waals surface area contributed by atoms with E-state index in [-0.39, 0.29) is 0 Å². The third kappa shape index (κ3) is 2.61. The molecule has 1 saturated heterocycles. The van der Waals surface area contributed by atoms with Gasteiger partial charge in [-0.1, -0.05) is 13.8 Å². The van der Waals surface area contributed by atoms with Gasteiger partial charge < -0.3 is 10.6 Å². The molecule has 1 aliphatic carbocycles. The summed E-state index contributed by atoms with van der Waals surface area (Å²) in [5.41, 5.74) is 6.15. The Hall–Kier alpha value is -1.10. The van der Waals surface area contributed by atoms with E-state index < -0.39 is 0 Å². The van der Waals surface area contributed by atoms with E-state index in [1.54, 1.807) is 0 Å². The summed E-state index contributed by atoms with van der Waals surface area (Å²) in [6.07, 6.45) is 4.95. The zero-order chi connectivity index (χ0) is 13.5. The van der Waals surface area contributed by atoms with Gasteiger partial charge in [0.05, 0.1) is 0 Å². The zero-order valence-corrected chi connectivity index (χ0v) is 12.0. The molecule has 5 heteroatoms. The molecular formula is C14H25N5. The second kappa shape index (κ2) is 4.78. The number of hydrogen-bond donors (Lipinski definition) is 2. The second-order valence-corrected chi connectivity index (χ2v) is 6.65. The van der Waals surface area contributed by atoms with Gasteiger partial charge in [0.25, 0.3) is 0 Å². The number of nitrogens with two attached hydrogens (primary N) is 1. The average molecular weight is 263 g/mol. The van der Waals surface area contributed by atoms with E-state index >= 15 is 0 Å². The summed E-state index contributed by atoms with van der Waals surface area (Å²) < 4.78 is 0. The van der Waals surface area contributed by atoms with Crippen molar-refractivity contribution in [1.29, 1.82) is 0 Å². The first-order valence-electron chi connectivity index (χ1n) is 7.49. The van der Waals surface area contributed by atoms with E-state index in [1.807, 2.05) is 0 Å². The molecule has 1 atom stereocenters. The Morgan fingerprint density at radius 2 is 2.11 bits per heavy atom. The van der Waals surface area contributed by atoms with Crippen LogP contribution in [0.3, 0.4) is 0 Å². The van der Waals surface area contributed by atoms with E-state index in [0.717, 1.165) is 50.2 Å². The van der Waals surface area contributed by atoms with Crippen molar-refractivity contribution in [3.05, 3.63) is 5.82 Å². The predicted octanol–water partition coefficient (Wildman–Crippen LogP) is 1.88. The summed E-state index contributed by atoms with van der Waals surface area (Å²) in [6.45, 7) is 7.34. The fourth-order valence-electron chi connectivity index (χ4n) is 2.88. The van der Waals surface area contributed by atoms with Crippen molar-refractivity contribution in [2.75, 3.05) is 24.5 Å². The number of piperidine rings is 1. The minimum atomic E-state index is 0.303. The van der Waals surface area contributed by atoms with Gasteiger partial charge in [-0.3, -0.25) is 5.10 Å². The standard InChI is InChI=1S/C14H25N5/c1-10(11-3-4-11)12-16-13(18-17-12)19-7-5-14(2,9-15)6-8-19/h10-11H,3-9,15H2,1-2H3,(H,16,17,18). The van der Waals surface area contributed by atoms with Crippen LogP contribution in [0.25, 0.3) is 0 Å². The molecule has 0 radical (unpaired) electrons. The zero-order valence-electron chi connectivity index (χ0n) is 12.0. The lowest BCUT2D eigenvalue weighted by Gasteiger charge is -2.38. The van der Waals surface area contributed by atoms with Crippen LogP contribution in [-0.2, 0) is 0 Å². The number of hydrogen-bond acceptors (Lipinski definition) is 4. The molecule has 2 heterocycles. The summed E-state index contributed by atoms with van der Waals surface area (Å²) in [7, 11) is 0. The largest absolute Gasteiger partial charge is 0.340 e. The SMILES string of the molecule is CC(c1nc(N2CCC(C)(CN)CC2)n[nH]1)C1CC1. The molecule has 0 aromatic carbocycles. The molecule has 3 N–H and O–H groups in total. The minimum absolute atomic E-state index is 0.303. The molecule has 1 aliphatic heterocycles. The number of H-pyrrole nitrogens is 1. The van der Waals surface area contributed by atoms with Gasteiger partial charge in [0.15, 0.2) is 0 Å². The quantitative estimate of drug-likeness (QED) is 0.870. The molecule has 0 spiro atoms. The highest BCUT2D eigenvalue weighted by Crippen LogP contribution is 2.41. The van der Waals surface area contributed by atoms with Gasteiger partial charge >= 0.3 is 0 Å². The summed E-state index contributed by atoms with van der Waals surface area (Å²) in [4.78, 5) is 6.99. The number of nitrogens with zero attached hydrogens (tertiary/aromatic N) is 3. The lowest BCUT2D eigenvalue weighted by molar-refractivity contribution is 0.257. The van der Waals surface area contributed by atoms with Crippen LogP contribution in [0.5, 0.6) is 0 Å². The van der Waals surface area contributed by atoms with Crippen LogP contribution < -0.4 is 10.6 Å². The van der Waals surface area contributed by atoms with E-state index in [4.69, 9.17) is 10.7 Å². The molecule has 5 nitrogen and oxygen atoms in total. The van der Waals surface area contributed by atoms with Crippen LogP contribution in [0.1, 0.15) is 51.3 Å². The van der Waals surface area contributed by atoms with Crippen molar-refractivity contribution >= 4 is 5.95 Å². The Morgan fingerprint density at radius 1 is 1.42 bits per heavy atom. The number of rotatable bonds is 4. The summed E-state index contributed by atoms with van der Waals surface area (Å²) in [5.74, 6) is 3.29. The minimum Gasteiger partial charge on any atom is -0.340 e. The summed E-state index contributed by atoms with van der Waals surface area (Å²) in [5, 5.41) is 7.53. The molecule has 1 saturated carbocycles. The van der Waals surface area contributed by atoms with E-state index in [0.29, 0.717) is 11.3 Å². The van der Waals surface area contributed by atoms with E-state index in [1.165, 1.54) is 12.8 Å². The smallest absolute Gasteiger partial charge is 0.244 e. The van der Waals surface area contributed by atoms with Gasteiger partial charge in [-0.15, -0.1) is 5.10 Å². The molecule has 0 bridgehead atoms. The lowest BCUT2D eigenvalue weighted by atomic mass is 9.81. The number of anilines is 1. The topological polar surface area (TPSA) is 70.8 Å². The van der Waals surface area contributed by atoms with Crippen molar-refractivity contribution in [2.45, 2.75) is 45.4 Å². The van der Waals surface area contributed by atoms with Gasteiger partial charge in [-0.25, -0.2) is 0 Å². The monoisotopic (exact) mass is 263 g/mol. The van der Waals surface area contributed by atoms with Crippen LogP contribution in [-0.4, -0.2) is 34.8 Å². The molecule has 1 aromatic rings. The molecule has 1 aromatic heterocycles. The normalized spacial score (nSPS) is 24.5. The van der Waals surface area contributed by atoms with Gasteiger partial charge in [-0.2, -0.15) is 4.98 Å².